The van der Waals surface area contributed by atoms with Gasteiger partial charge >= 0.3 is 0 Å². The summed E-state index contributed by atoms with van der Waals surface area (Å²) in [5, 5.41) is 11.7. The highest BCUT2D eigenvalue weighted by molar-refractivity contribution is 7.91. The largest absolute Gasteiger partial charge is 0.508 e. The summed E-state index contributed by atoms with van der Waals surface area (Å²) >= 11 is 0. The molecule has 0 fully saturated rings. The van der Waals surface area contributed by atoms with Crippen LogP contribution in [0.5, 0.6) is 5.75 Å². The van der Waals surface area contributed by atoms with Crippen LogP contribution in [0.3, 0.4) is 0 Å². The van der Waals surface area contributed by atoms with E-state index in [2.05, 4.69) is 5.32 Å². The van der Waals surface area contributed by atoms with Gasteiger partial charge in [-0.1, -0.05) is 0 Å². The first-order chi connectivity index (χ1) is 7.28. The number of amides is 1. The minimum absolute atomic E-state index is 0.126. The number of anilines is 1. The fraction of sp³-hybridized carbons (Fsp3) is 0.300. The molecule has 0 radical (unpaired) electrons. The molecule has 88 valence electrons. The van der Waals surface area contributed by atoms with Crippen molar-refractivity contribution >= 4 is 21.4 Å². The number of aryl methyl sites for hydroxylation is 1. The number of nitrogens with one attached hydrogen (secondary N) is 1. The van der Waals surface area contributed by atoms with Crippen molar-refractivity contribution in [2.24, 2.45) is 0 Å². The summed E-state index contributed by atoms with van der Waals surface area (Å²) in [5.74, 6) is -1.01. The Morgan fingerprint density at radius 1 is 1.44 bits per heavy atom. The number of sulfone groups is 1. The molecule has 2 N–H and O–H groups in total. The Bertz CT molecular complexity index is 508. The van der Waals surface area contributed by atoms with E-state index in [9.17, 15) is 18.3 Å². The maximum absolute atomic E-state index is 11.3. The lowest BCUT2D eigenvalue weighted by atomic mass is 10.2. The van der Waals surface area contributed by atoms with E-state index in [-0.39, 0.29) is 5.75 Å². The summed E-state index contributed by atoms with van der Waals surface area (Å²) < 4.78 is 21.7. The lowest BCUT2D eigenvalue weighted by Gasteiger charge is -2.06. The first kappa shape index (κ1) is 12.5. The van der Waals surface area contributed by atoms with Gasteiger partial charge in [-0.25, -0.2) is 8.42 Å². The third-order valence-corrected chi connectivity index (χ3v) is 2.66. The molecule has 1 aromatic rings. The van der Waals surface area contributed by atoms with Crippen molar-refractivity contribution in [1.29, 1.82) is 0 Å². The van der Waals surface area contributed by atoms with Crippen LogP contribution in [0.2, 0.25) is 0 Å². The van der Waals surface area contributed by atoms with E-state index in [1.807, 2.05) is 0 Å². The zero-order chi connectivity index (χ0) is 12.3. The Kier molecular flexibility index (Phi) is 3.54. The maximum atomic E-state index is 11.3. The summed E-state index contributed by atoms with van der Waals surface area (Å²) in [6.45, 7) is 1.68. The zero-order valence-corrected chi connectivity index (χ0v) is 9.84. The van der Waals surface area contributed by atoms with Crippen molar-refractivity contribution in [2.45, 2.75) is 6.92 Å². The molecule has 0 atom stereocenters. The van der Waals surface area contributed by atoms with Crippen molar-refractivity contribution in [3.8, 4) is 5.75 Å². The first-order valence-electron chi connectivity index (χ1n) is 4.55. The average molecular weight is 243 g/mol. The van der Waals surface area contributed by atoms with Crippen molar-refractivity contribution in [3.63, 3.8) is 0 Å². The standard InChI is InChI=1S/C10H13NO4S/c1-7-5-8(3-4-9(7)12)11-10(13)6-16(2,14)15/h3-5,12H,6H2,1-2H3,(H,11,13). The van der Waals surface area contributed by atoms with E-state index in [0.717, 1.165) is 6.26 Å². The molecule has 6 heteroatoms. The maximum Gasteiger partial charge on any atom is 0.239 e. The molecular weight excluding hydrogens is 230 g/mol. The van der Waals surface area contributed by atoms with Crippen molar-refractivity contribution < 1.29 is 18.3 Å². The molecule has 1 amide bonds. The molecule has 0 saturated heterocycles. The van der Waals surface area contributed by atoms with Gasteiger partial charge in [0.25, 0.3) is 0 Å². The molecule has 0 bridgehead atoms. The molecule has 1 aromatic carbocycles. The second-order valence-electron chi connectivity index (χ2n) is 3.62. The Morgan fingerprint density at radius 2 is 2.06 bits per heavy atom. The topological polar surface area (TPSA) is 83.5 Å². The monoisotopic (exact) mass is 243 g/mol. The van der Waals surface area contributed by atoms with Gasteiger partial charge in [0.2, 0.25) is 5.91 Å². The Hall–Kier alpha value is -1.56. The summed E-state index contributed by atoms with van der Waals surface area (Å²) in [5.41, 5.74) is 1.07. The molecule has 0 heterocycles. The highest BCUT2D eigenvalue weighted by Gasteiger charge is 2.11. The zero-order valence-electron chi connectivity index (χ0n) is 9.02. The number of aromatic hydroxyl groups is 1. The van der Waals surface area contributed by atoms with Crippen LogP contribution < -0.4 is 5.32 Å². The van der Waals surface area contributed by atoms with Gasteiger partial charge in [-0.2, -0.15) is 0 Å². The fourth-order valence-corrected chi connectivity index (χ4v) is 1.72. The molecule has 0 unspecified atom stereocenters. The van der Waals surface area contributed by atoms with E-state index < -0.39 is 21.5 Å². The number of carbonyl (C=O) groups is 1. The molecule has 0 aliphatic carbocycles. The van der Waals surface area contributed by atoms with Crippen LogP contribution in [-0.2, 0) is 14.6 Å². The molecule has 0 saturated carbocycles. The number of hydrogen-bond donors (Lipinski definition) is 2. The van der Waals surface area contributed by atoms with E-state index in [1.54, 1.807) is 13.0 Å². The smallest absolute Gasteiger partial charge is 0.239 e. The minimum atomic E-state index is -3.32. The Morgan fingerprint density at radius 3 is 2.56 bits per heavy atom. The minimum Gasteiger partial charge on any atom is -0.508 e. The van der Waals surface area contributed by atoms with Gasteiger partial charge in [0, 0.05) is 11.9 Å². The molecule has 16 heavy (non-hydrogen) atoms. The van der Waals surface area contributed by atoms with E-state index >= 15 is 0 Å². The van der Waals surface area contributed by atoms with Crippen LogP contribution in [0.15, 0.2) is 18.2 Å². The van der Waals surface area contributed by atoms with Crippen LogP contribution in [0.4, 0.5) is 5.69 Å². The lowest BCUT2D eigenvalue weighted by Crippen LogP contribution is -2.21. The van der Waals surface area contributed by atoms with Gasteiger partial charge in [-0.15, -0.1) is 0 Å². The number of phenolic OH excluding ortho intramolecular Hbond substituents is 1. The van der Waals surface area contributed by atoms with E-state index in [4.69, 9.17) is 0 Å². The van der Waals surface area contributed by atoms with Crippen LogP contribution in [0.25, 0.3) is 0 Å². The van der Waals surface area contributed by atoms with E-state index in [1.165, 1.54) is 12.1 Å². The highest BCUT2D eigenvalue weighted by atomic mass is 32.2. The molecule has 0 aliphatic rings. The number of phenols is 1. The van der Waals surface area contributed by atoms with Crippen molar-refractivity contribution in [2.75, 3.05) is 17.3 Å². The molecule has 0 aliphatic heterocycles. The van der Waals surface area contributed by atoms with Crippen LogP contribution >= 0.6 is 0 Å². The Balaban J connectivity index is 2.74. The normalized spacial score (nSPS) is 11.1. The van der Waals surface area contributed by atoms with Gasteiger partial charge < -0.3 is 10.4 Å². The SMILES string of the molecule is Cc1cc(NC(=O)CS(C)(=O)=O)ccc1O. The van der Waals surface area contributed by atoms with Crippen molar-refractivity contribution in [3.05, 3.63) is 23.8 Å². The van der Waals surface area contributed by atoms with Gasteiger partial charge in [0.15, 0.2) is 9.84 Å². The van der Waals surface area contributed by atoms with E-state index in [0.29, 0.717) is 11.3 Å². The summed E-state index contributed by atoms with van der Waals surface area (Å²) in [6, 6.07) is 4.50. The summed E-state index contributed by atoms with van der Waals surface area (Å²) in [4.78, 5) is 11.3. The second-order valence-corrected chi connectivity index (χ2v) is 5.76. The number of hydrogen-bond acceptors (Lipinski definition) is 4. The molecule has 0 spiro atoms. The average Bonchev–Trinajstić information content (AvgIpc) is 2.08. The van der Waals surface area contributed by atoms with Gasteiger partial charge in [-0.3, -0.25) is 4.79 Å². The lowest BCUT2D eigenvalue weighted by molar-refractivity contribution is -0.113. The number of rotatable bonds is 3. The number of carbonyl (C=O) groups excluding carboxylic acids is 1. The van der Waals surface area contributed by atoms with Crippen LogP contribution in [0.1, 0.15) is 5.56 Å². The summed E-state index contributed by atoms with van der Waals surface area (Å²) in [6.07, 6.45) is 0.995. The van der Waals surface area contributed by atoms with Gasteiger partial charge in [-0.05, 0) is 30.7 Å². The van der Waals surface area contributed by atoms with Crippen molar-refractivity contribution in [1.82, 2.24) is 0 Å². The summed E-state index contributed by atoms with van der Waals surface area (Å²) in [7, 11) is -3.32. The third-order valence-electron chi connectivity index (χ3n) is 1.87. The molecular formula is C10H13NO4S. The van der Waals surface area contributed by atoms with Gasteiger partial charge in [0.1, 0.15) is 11.5 Å². The van der Waals surface area contributed by atoms with Gasteiger partial charge in [0.05, 0.1) is 0 Å². The first-order valence-corrected chi connectivity index (χ1v) is 6.61. The quantitative estimate of drug-likeness (QED) is 0.765. The number of benzene rings is 1. The van der Waals surface area contributed by atoms with Crippen LogP contribution in [0, 0.1) is 6.92 Å². The predicted molar refractivity (Wildman–Crippen MR) is 61.2 cm³/mol. The Labute approximate surface area is 94.0 Å². The predicted octanol–water partition coefficient (Wildman–Crippen LogP) is 0.684. The highest BCUT2D eigenvalue weighted by Crippen LogP contribution is 2.19. The van der Waals surface area contributed by atoms with Crippen LogP contribution in [-0.4, -0.2) is 31.4 Å². The molecule has 1 rings (SSSR count). The second kappa shape index (κ2) is 4.52. The fourth-order valence-electron chi connectivity index (χ4n) is 1.17. The third kappa shape index (κ3) is 3.90. The molecule has 5 nitrogen and oxygen atoms in total. The molecule has 0 aromatic heterocycles.